The lowest BCUT2D eigenvalue weighted by atomic mass is 10.1. The molecule has 0 amide bonds. The third-order valence-corrected chi connectivity index (χ3v) is 4.93. The summed E-state index contributed by atoms with van der Waals surface area (Å²) in [6.07, 6.45) is 0.725. The van der Waals surface area contributed by atoms with E-state index in [4.69, 9.17) is 9.15 Å². The summed E-state index contributed by atoms with van der Waals surface area (Å²) in [5.41, 5.74) is 1.03. The molecule has 0 aliphatic carbocycles. The maximum atomic E-state index is 13.6. The van der Waals surface area contributed by atoms with Gasteiger partial charge in [0.2, 0.25) is 0 Å². The van der Waals surface area contributed by atoms with Gasteiger partial charge in [0.25, 0.3) is 0 Å². The molecule has 0 bridgehead atoms. The lowest BCUT2D eigenvalue weighted by Gasteiger charge is -2.41. The first-order valence-corrected chi connectivity index (χ1v) is 9.04. The van der Waals surface area contributed by atoms with Gasteiger partial charge in [0.05, 0.1) is 13.7 Å². The van der Waals surface area contributed by atoms with Gasteiger partial charge >= 0.3 is 0 Å². The summed E-state index contributed by atoms with van der Waals surface area (Å²) in [6.45, 7) is 6.30. The maximum absolute atomic E-state index is 13.6. The molecular formula is C20H27FN2O3. The van der Waals surface area contributed by atoms with Gasteiger partial charge < -0.3 is 14.3 Å². The van der Waals surface area contributed by atoms with E-state index in [1.807, 2.05) is 19.1 Å². The Kier molecular flexibility index (Phi) is 6.29. The van der Waals surface area contributed by atoms with Gasteiger partial charge in [-0.1, -0.05) is 6.07 Å². The fourth-order valence-electron chi connectivity index (χ4n) is 3.56. The van der Waals surface area contributed by atoms with E-state index in [0.29, 0.717) is 0 Å². The number of hydrogen-bond acceptors (Lipinski definition) is 5. The molecule has 1 aromatic heterocycles. The van der Waals surface area contributed by atoms with Gasteiger partial charge in [0, 0.05) is 38.8 Å². The van der Waals surface area contributed by atoms with Crippen molar-refractivity contribution in [1.82, 2.24) is 9.80 Å². The highest BCUT2D eigenvalue weighted by atomic mass is 19.1. The number of aliphatic hydroxyl groups is 1. The number of nitrogens with zero attached hydrogens (tertiary/aromatic N) is 2. The average Bonchev–Trinajstić information content (AvgIpc) is 3.04. The minimum atomic E-state index is -0.340. The number of methoxy groups -OCH3 is 1. The molecule has 1 atom stereocenters. The van der Waals surface area contributed by atoms with Gasteiger partial charge in [-0.3, -0.25) is 9.80 Å². The van der Waals surface area contributed by atoms with E-state index in [-0.39, 0.29) is 24.2 Å². The molecule has 1 aliphatic rings. The number of rotatable bonds is 7. The molecule has 1 aliphatic heterocycles. The first kappa shape index (κ1) is 18.9. The smallest absolute Gasteiger partial charge is 0.165 e. The summed E-state index contributed by atoms with van der Waals surface area (Å²) < 4.78 is 24.4. The molecule has 1 aromatic carbocycles. The number of aliphatic hydroxyl groups excluding tert-OH is 1. The van der Waals surface area contributed by atoms with Crippen molar-refractivity contribution in [3.05, 3.63) is 53.2 Å². The number of furan rings is 1. The van der Waals surface area contributed by atoms with Crippen molar-refractivity contribution in [1.29, 1.82) is 0 Å². The Bertz CT molecular complexity index is 719. The van der Waals surface area contributed by atoms with Crippen LogP contribution in [0.5, 0.6) is 5.75 Å². The molecule has 0 radical (unpaired) electrons. The van der Waals surface area contributed by atoms with E-state index in [1.165, 1.54) is 13.2 Å². The first-order valence-electron chi connectivity index (χ1n) is 9.04. The molecule has 142 valence electrons. The molecule has 6 heteroatoms. The largest absolute Gasteiger partial charge is 0.494 e. The number of benzene rings is 1. The predicted octanol–water partition coefficient (Wildman–Crippen LogP) is 2.80. The van der Waals surface area contributed by atoms with Crippen LogP contribution in [0.1, 0.15) is 23.5 Å². The van der Waals surface area contributed by atoms with Crippen LogP contribution >= 0.6 is 0 Å². The topological polar surface area (TPSA) is 49.1 Å². The molecule has 26 heavy (non-hydrogen) atoms. The van der Waals surface area contributed by atoms with Crippen molar-refractivity contribution in [3.63, 3.8) is 0 Å². The van der Waals surface area contributed by atoms with Gasteiger partial charge in [-0.2, -0.15) is 0 Å². The summed E-state index contributed by atoms with van der Waals surface area (Å²) in [5.74, 6) is 1.82. The second-order valence-electron chi connectivity index (χ2n) is 6.85. The van der Waals surface area contributed by atoms with Crippen LogP contribution in [0.3, 0.4) is 0 Å². The second-order valence-corrected chi connectivity index (χ2v) is 6.85. The van der Waals surface area contributed by atoms with Crippen LogP contribution in [0.15, 0.2) is 34.7 Å². The molecule has 2 heterocycles. The van der Waals surface area contributed by atoms with Crippen molar-refractivity contribution in [3.8, 4) is 5.75 Å². The standard InChI is InChI=1S/C20H27FN2O3/c1-15-3-5-18(26-15)14-23-9-8-22(13-17(23)7-10-24)12-16-4-6-19(21)20(11-16)25-2/h3-6,11,17,24H,7-10,12-14H2,1-2H3/t17-/m0/s1. The molecule has 1 N–H and O–H groups in total. The van der Waals surface area contributed by atoms with Crippen LogP contribution in [-0.2, 0) is 13.1 Å². The van der Waals surface area contributed by atoms with E-state index in [1.54, 1.807) is 12.1 Å². The predicted molar refractivity (Wildman–Crippen MR) is 97.6 cm³/mol. The second kappa shape index (κ2) is 8.66. The number of ether oxygens (including phenoxy) is 1. The monoisotopic (exact) mass is 362 g/mol. The molecule has 1 fully saturated rings. The Labute approximate surface area is 154 Å². The van der Waals surface area contributed by atoms with Crippen LogP contribution < -0.4 is 4.74 Å². The summed E-state index contributed by atoms with van der Waals surface area (Å²) >= 11 is 0. The highest BCUT2D eigenvalue weighted by Crippen LogP contribution is 2.22. The van der Waals surface area contributed by atoms with Crippen LogP contribution in [0, 0.1) is 12.7 Å². The minimum absolute atomic E-state index is 0.163. The van der Waals surface area contributed by atoms with Gasteiger partial charge in [-0.25, -0.2) is 4.39 Å². The van der Waals surface area contributed by atoms with Crippen LogP contribution in [0.4, 0.5) is 4.39 Å². The zero-order valence-electron chi connectivity index (χ0n) is 15.4. The van der Waals surface area contributed by atoms with Crippen LogP contribution in [0.2, 0.25) is 0 Å². The molecule has 0 saturated carbocycles. The van der Waals surface area contributed by atoms with Crippen LogP contribution in [0.25, 0.3) is 0 Å². The number of hydrogen-bond donors (Lipinski definition) is 1. The number of piperazine rings is 1. The van der Waals surface area contributed by atoms with Crippen molar-refractivity contribution in [2.75, 3.05) is 33.4 Å². The highest BCUT2D eigenvalue weighted by molar-refractivity contribution is 5.30. The van der Waals surface area contributed by atoms with Crippen LogP contribution in [-0.4, -0.2) is 54.3 Å². The van der Waals surface area contributed by atoms with Gasteiger partial charge in [0.15, 0.2) is 11.6 Å². The van der Waals surface area contributed by atoms with Crippen molar-refractivity contribution >= 4 is 0 Å². The highest BCUT2D eigenvalue weighted by Gasteiger charge is 2.27. The van der Waals surface area contributed by atoms with E-state index >= 15 is 0 Å². The third kappa shape index (κ3) is 4.63. The summed E-state index contributed by atoms with van der Waals surface area (Å²) in [5, 5.41) is 9.45. The SMILES string of the molecule is COc1cc(CN2CCN(Cc3ccc(C)o3)[C@@H](CCO)C2)ccc1F. The van der Waals surface area contributed by atoms with Crippen molar-refractivity contribution in [2.24, 2.45) is 0 Å². The Morgan fingerprint density at radius 1 is 1.23 bits per heavy atom. The van der Waals surface area contributed by atoms with Crippen molar-refractivity contribution < 1.29 is 18.7 Å². The molecule has 3 rings (SSSR count). The number of halogens is 1. The van der Waals surface area contributed by atoms with E-state index in [2.05, 4.69) is 9.80 Å². The number of aryl methyl sites for hydroxylation is 1. The quantitative estimate of drug-likeness (QED) is 0.821. The molecule has 1 saturated heterocycles. The Hall–Kier alpha value is -1.89. The summed E-state index contributed by atoms with van der Waals surface area (Å²) in [4.78, 5) is 4.72. The fraction of sp³-hybridized carbons (Fsp3) is 0.500. The lowest BCUT2D eigenvalue weighted by Crippen LogP contribution is -2.52. The normalized spacial score (nSPS) is 19.0. The van der Waals surface area contributed by atoms with E-state index in [0.717, 1.165) is 56.2 Å². The summed E-state index contributed by atoms with van der Waals surface area (Å²) in [6, 6.07) is 9.28. The lowest BCUT2D eigenvalue weighted by molar-refractivity contribution is 0.0454. The molecule has 0 spiro atoms. The molecular weight excluding hydrogens is 335 g/mol. The van der Waals surface area contributed by atoms with Gasteiger partial charge in [-0.05, 0) is 43.2 Å². The van der Waals surface area contributed by atoms with Crippen molar-refractivity contribution in [2.45, 2.75) is 32.5 Å². The molecule has 2 aromatic rings. The Morgan fingerprint density at radius 3 is 2.77 bits per heavy atom. The van der Waals surface area contributed by atoms with Gasteiger partial charge in [-0.15, -0.1) is 0 Å². The van der Waals surface area contributed by atoms with Gasteiger partial charge in [0.1, 0.15) is 11.5 Å². The molecule has 0 unspecified atom stereocenters. The fourth-order valence-corrected chi connectivity index (χ4v) is 3.56. The van der Waals surface area contributed by atoms with E-state index < -0.39 is 0 Å². The Balaban J connectivity index is 1.63. The Morgan fingerprint density at radius 2 is 2.08 bits per heavy atom. The minimum Gasteiger partial charge on any atom is -0.494 e. The zero-order valence-corrected chi connectivity index (χ0v) is 15.4. The third-order valence-electron chi connectivity index (χ3n) is 4.93. The van der Waals surface area contributed by atoms with E-state index in [9.17, 15) is 9.50 Å². The summed E-state index contributed by atoms with van der Waals surface area (Å²) in [7, 11) is 1.48. The molecule has 5 nitrogen and oxygen atoms in total. The zero-order chi connectivity index (χ0) is 18.5. The average molecular weight is 362 g/mol. The maximum Gasteiger partial charge on any atom is 0.165 e. The first-order chi connectivity index (χ1) is 12.6.